The Hall–Kier alpha value is -2.27. The summed E-state index contributed by atoms with van der Waals surface area (Å²) in [6.45, 7) is 0. The maximum atomic E-state index is 13.4. The van der Waals surface area contributed by atoms with E-state index in [0.29, 0.717) is 0 Å². The van der Waals surface area contributed by atoms with Crippen LogP contribution in [0.5, 0.6) is 0 Å². The maximum absolute atomic E-state index is 13.4. The first-order chi connectivity index (χ1) is 9.16. The van der Waals surface area contributed by atoms with Crippen molar-refractivity contribution in [2.75, 3.05) is 5.32 Å². The smallest absolute Gasteiger partial charge is 0.260 e. The van der Waals surface area contributed by atoms with E-state index in [2.05, 4.69) is 10.6 Å². The average Bonchev–Trinajstić information content (AvgIpc) is 2.40. The molecule has 0 aromatic heterocycles. The fraction of sp³-hybridized carbons (Fsp3) is 0. The van der Waals surface area contributed by atoms with Gasteiger partial charge in [0.15, 0.2) is 5.11 Å². The van der Waals surface area contributed by atoms with Crippen molar-refractivity contribution in [2.24, 2.45) is 0 Å². The number of halogens is 1. The average molecular weight is 274 g/mol. The molecule has 0 spiro atoms. The zero-order chi connectivity index (χ0) is 13.7. The third kappa shape index (κ3) is 3.59. The van der Waals surface area contributed by atoms with Gasteiger partial charge in [0.25, 0.3) is 5.91 Å². The molecule has 5 heteroatoms. The highest BCUT2D eigenvalue weighted by Crippen LogP contribution is 2.07. The van der Waals surface area contributed by atoms with Crippen LogP contribution in [0.25, 0.3) is 0 Å². The Morgan fingerprint density at radius 2 is 1.63 bits per heavy atom. The van der Waals surface area contributed by atoms with E-state index < -0.39 is 11.7 Å². The molecule has 0 aliphatic rings. The lowest BCUT2D eigenvalue weighted by molar-refractivity contribution is 0.0974. The first-order valence-corrected chi connectivity index (χ1v) is 5.99. The number of hydrogen-bond acceptors (Lipinski definition) is 2. The van der Waals surface area contributed by atoms with Gasteiger partial charge in [-0.05, 0) is 36.5 Å². The van der Waals surface area contributed by atoms with Crippen LogP contribution in [0.15, 0.2) is 54.6 Å². The molecule has 3 nitrogen and oxygen atoms in total. The minimum absolute atomic E-state index is 0.0419. The lowest BCUT2D eigenvalue weighted by Crippen LogP contribution is -2.34. The highest BCUT2D eigenvalue weighted by Gasteiger charge is 2.11. The molecule has 0 aliphatic carbocycles. The van der Waals surface area contributed by atoms with Crippen LogP contribution in [0, 0.1) is 5.82 Å². The van der Waals surface area contributed by atoms with Gasteiger partial charge in [-0.3, -0.25) is 10.1 Å². The van der Waals surface area contributed by atoms with Gasteiger partial charge in [0.05, 0.1) is 5.56 Å². The highest BCUT2D eigenvalue weighted by molar-refractivity contribution is 7.80. The molecule has 0 unspecified atom stereocenters. The Morgan fingerprint density at radius 1 is 1.00 bits per heavy atom. The third-order valence-corrected chi connectivity index (χ3v) is 2.58. The third-order valence-electron chi connectivity index (χ3n) is 2.38. The first kappa shape index (κ1) is 13.2. The summed E-state index contributed by atoms with van der Waals surface area (Å²) in [5.41, 5.74) is 0.709. The molecule has 2 N–H and O–H groups in total. The highest BCUT2D eigenvalue weighted by atomic mass is 32.1. The van der Waals surface area contributed by atoms with Gasteiger partial charge in [0.1, 0.15) is 5.82 Å². The second-order valence-electron chi connectivity index (χ2n) is 3.75. The normalized spacial score (nSPS) is 9.74. The minimum atomic E-state index is -0.581. The van der Waals surface area contributed by atoms with E-state index >= 15 is 0 Å². The zero-order valence-corrected chi connectivity index (χ0v) is 10.7. The van der Waals surface area contributed by atoms with Crippen LogP contribution in [-0.2, 0) is 0 Å². The van der Waals surface area contributed by atoms with Crippen molar-refractivity contribution in [1.82, 2.24) is 5.32 Å². The predicted octanol–water partition coefficient (Wildman–Crippen LogP) is 2.95. The summed E-state index contributed by atoms with van der Waals surface area (Å²) in [5.74, 6) is -1.16. The summed E-state index contributed by atoms with van der Waals surface area (Å²) in [4.78, 5) is 11.8. The van der Waals surface area contributed by atoms with E-state index in [4.69, 9.17) is 12.2 Å². The van der Waals surface area contributed by atoms with Crippen LogP contribution in [0.3, 0.4) is 0 Å². The van der Waals surface area contributed by atoms with Gasteiger partial charge >= 0.3 is 0 Å². The number of benzene rings is 2. The van der Waals surface area contributed by atoms with Gasteiger partial charge in [-0.2, -0.15) is 0 Å². The number of thiocarbonyl (C=S) groups is 1. The monoisotopic (exact) mass is 274 g/mol. The van der Waals surface area contributed by atoms with E-state index in [1.165, 1.54) is 18.2 Å². The van der Waals surface area contributed by atoms with E-state index in [1.807, 2.05) is 30.3 Å². The van der Waals surface area contributed by atoms with Crippen molar-refractivity contribution in [2.45, 2.75) is 0 Å². The van der Waals surface area contributed by atoms with Gasteiger partial charge < -0.3 is 5.32 Å². The summed E-state index contributed by atoms with van der Waals surface area (Å²) in [5, 5.41) is 5.39. The summed E-state index contributed by atoms with van der Waals surface area (Å²) in [6, 6.07) is 14.9. The van der Waals surface area contributed by atoms with Crippen molar-refractivity contribution in [3.05, 3.63) is 66.0 Å². The molecular weight excluding hydrogens is 263 g/mol. The van der Waals surface area contributed by atoms with Crippen LogP contribution < -0.4 is 10.6 Å². The molecule has 0 atom stereocenters. The predicted molar refractivity (Wildman–Crippen MR) is 76.5 cm³/mol. The van der Waals surface area contributed by atoms with Gasteiger partial charge in [-0.15, -0.1) is 0 Å². The van der Waals surface area contributed by atoms with Crippen LogP contribution in [0.1, 0.15) is 10.4 Å². The van der Waals surface area contributed by atoms with Crippen molar-refractivity contribution < 1.29 is 9.18 Å². The van der Waals surface area contributed by atoms with E-state index in [0.717, 1.165) is 5.69 Å². The Kier molecular flexibility index (Phi) is 4.20. The van der Waals surface area contributed by atoms with E-state index in [9.17, 15) is 9.18 Å². The van der Waals surface area contributed by atoms with Crippen molar-refractivity contribution in [3.8, 4) is 0 Å². The van der Waals surface area contributed by atoms with Gasteiger partial charge in [0, 0.05) is 5.69 Å². The Balaban J connectivity index is 2.00. The molecule has 0 saturated carbocycles. The molecule has 0 bridgehead atoms. The molecule has 2 rings (SSSR count). The van der Waals surface area contributed by atoms with Crippen molar-refractivity contribution in [1.29, 1.82) is 0 Å². The lowest BCUT2D eigenvalue weighted by atomic mass is 10.2. The molecule has 1 amide bonds. The van der Waals surface area contributed by atoms with E-state index in [-0.39, 0.29) is 10.7 Å². The van der Waals surface area contributed by atoms with Crippen LogP contribution in [-0.4, -0.2) is 11.0 Å². The number of hydrogen-bond donors (Lipinski definition) is 2. The molecule has 0 fully saturated rings. The summed E-state index contributed by atoms with van der Waals surface area (Å²) in [7, 11) is 0. The fourth-order valence-corrected chi connectivity index (χ4v) is 1.71. The number of carbonyl (C=O) groups excluding carboxylic acids is 1. The summed E-state index contributed by atoms with van der Waals surface area (Å²) >= 11 is 4.99. The number of amides is 1. The lowest BCUT2D eigenvalue weighted by Gasteiger charge is -2.09. The summed E-state index contributed by atoms with van der Waals surface area (Å²) in [6.07, 6.45) is 0. The molecule has 0 heterocycles. The Bertz CT molecular complexity index is 601. The number of carbonyl (C=O) groups is 1. The maximum Gasteiger partial charge on any atom is 0.260 e. The second-order valence-corrected chi connectivity index (χ2v) is 4.16. The molecule has 0 saturated heterocycles. The number of anilines is 1. The SMILES string of the molecule is O=C(NC(=S)Nc1ccccc1)c1ccccc1F. The second kappa shape index (κ2) is 6.06. The van der Waals surface area contributed by atoms with Gasteiger partial charge in [-0.1, -0.05) is 30.3 Å². The topological polar surface area (TPSA) is 41.1 Å². The minimum Gasteiger partial charge on any atom is -0.332 e. The van der Waals surface area contributed by atoms with E-state index in [1.54, 1.807) is 6.07 Å². The van der Waals surface area contributed by atoms with Crippen LogP contribution in [0.2, 0.25) is 0 Å². The molecule has 19 heavy (non-hydrogen) atoms. The zero-order valence-electron chi connectivity index (χ0n) is 9.89. The van der Waals surface area contributed by atoms with Crippen molar-refractivity contribution in [3.63, 3.8) is 0 Å². The quantitative estimate of drug-likeness (QED) is 0.827. The standard InChI is InChI=1S/C14H11FN2OS/c15-12-9-5-4-8-11(12)13(18)17-14(19)16-10-6-2-1-3-7-10/h1-9H,(H2,16,17,18,19). The molecule has 2 aromatic rings. The number of para-hydroxylation sites is 1. The Morgan fingerprint density at radius 3 is 2.32 bits per heavy atom. The van der Waals surface area contributed by atoms with Crippen LogP contribution >= 0.6 is 12.2 Å². The number of rotatable bonds is 2. The molecule has 0 aliphatic heterocycles. The molecular formula is C14H11FN2OS. The van der Waals surface area contributed by atoms with Crippen molar-refractivity contribution >= 4 is 28.9 Å². The summed E-state index contributed by atoms with van der Waals surface area (Å²) < 4.78 is 13.4. The first-order valence-electron chi connectivity index (χ1n) is 5.59. The van der Waals surface area contributed by atoms with Gasteiger partial charge in [0.2, 0.25) is 0 Å². The Labute approximate surface area is 115 Å². The largest absolute Gasteiger partial charge is 0.332 e. The molecule has 96 valence electrons. The van der Waals surface area contributed by atoms with Crippen LogP contribution in [0.4, 0.5) is 10.1 Å². The molecule has 0 radical (unpaired) electrons. The molecule has 2 aromatic carbocycles. The van der Waals surface area contributed by atoms with Gasteiger partial charge in [-0.25, -0.2) is 4.39 Å². The fourth-order valence-electron chi connectivity index (χ4n) is 1.50. The number of nitrogens with one attached hydrogen (secondary N) is 2.